The number of methoxy groups -OCH3 is 1. The lowest BCUT2D eigenvalue weighted by atomic mass is 10.1. The smallest absolute Gasteiger partial charge is 0.307 e. The molecule has 1 spiro atoms. The maximum Gasteiger partial charge on any atom is 0.307 e. The molecule has 0 amide bonds. The number of aliphatic hydroxyl groups excluding tert-OH is 1. The van der Waals surface area contributed by atoms with E-state index in [-0.39, 0.29) is 23.0 Å². The van der Waals surface area contributed by atoms with E-state index in [1.807, 2.05) is 12.2 Å². The van der Waals surface area contributed by atoms with Gasteiger partial charge < -0.3 is 9.84 Å². The Bertz CT molecular complexity index is 435. The molecule has 0 aromatic rings. The number of hydrogen-bond donors (Lipinski definition) is 1. The van der Waals surface area contributed by atoms with Crippen LogP contribution in [0.2, 0.25) is 0 Å². The molecule has 3 rings (SSSR count). The Morgan fingerprint density at radius 1 is 1.44 bits per heavy atom. The molecule has 5 atom stereocenters. The summed E-state index contributed by atoms with van der Waals surface area (Å²) in [4.78, 5) is 0. The highest BCUT2D eigenvalue weighted by Gasteiger charge is 2.92. The molecule has 0 bridgehead atoms. The SMILES string of the molecule is CCCC(F)(F)C1C(O)[N+]12C1C=CC(OC)=CC12. The molecule has 0 aromatic carbocycles. The van der Waals surface area contributed by atoms with Crippen LogP contribution < -0.4 is 0 Å². The van der Waals surface area contributed by atoms with Crippen molar-refractivity contribution in [2.45, 2.75) is 50.0 Å². The third-order valence-corrected chi connectivity index (χ3v) is 4.47. The van der Waals surface area contributed by atoms with Crippen LogP contribution in [0.15, 0.2) is 24.0 Å². The van der Waals surface area contributed by atoms with E-state index in [0.29, 0.717) is 12.2 Å². The van der Waals surface area contributed by atoms with Crippen molar-refractivity contribution in [2.75, 3.05) is 7.11 Å². The fourth-order valence-electron chi connectivity index (χ4n) is 3.57. The van der Waals surface area contributed by atoms with Gasteiger partial charge in [0.1, 0.15) is 5.76 Å². The number of hydrogen-bond acceptors (Lipinski definition) is 2. The van der Waals surface area contributed by atoms with E-state index < -0.39 is 18.2 Å². The average Bonchev–Trinajstić information content (AvgIpc) is 3.16. The second-order valence-electron chi connectivity index (χ2n) is 5.38. The molecule has 2 fully saturated rings. The zero-order valence-electron chi connectivity index (χ0n) is 10.5. The van der Waals surface area contributed by atoms with Crippen LogP contribution in [0.25, 0.3) is 0 Å². The Kier molecular flexibility index (Phi) is 2.38. The van der Waals surface area contributed by atoms with E-state index >= 15 is 0 Å². The molecule has 2 aliphatic heterocycles. The number of aliphatic hydroxyl groups is 1. The van der Waals surface area contributed by atoms with Crippen molar-refractivity contribution < 1.29 is 23.1 Å². The summed E-state index contributed by atoms with van der Waals surface area (Å²) in [5.41, 5.74) is 0. The summed E-state index contributed by atoms with van der Waals surface area (Å²) >= 11 is 0. The Hall–Kier alpha value is -0.940. The standard InChI is InChI=1S/C13H18F2NO2/c1-3-6-13(14,15)11-12(17)16(11)9-5-4-8(18-2)7-10(9)16/h4-5,7,9-12,17H,3,6H2,1-2H3/q+1. The van der Waals surface area contributed by atoms with E-state index in [9.17, 15) is 13.9 Å². The summed E-state index contributed by atoms with van der Waals surface area (Å²) in [5.74, 6) is -2.08. The second-order valence-corrected chi connectivity index (χ2v) is 5.38. The maximum absolute atomic E-state index is 14.0. The first-order valence-corrected chi connectivity index (χ1v) is 6.37. The summed E-state index contributed by atoms with van der Waals surface area (Å²) in [6.07, 6.45) is 4.89. The molecule has 0 saturated carbocycles. The first kappa shape index (κ1) is 12.1. The molecule has 2 heterocycles. The topological polar surface area (TPSA) is 29.5 Å². The lowest BCUT2D eigenvalue weighted by Crippen LogP contribution is -2.29. The van der Waals surface area contributed by atoms with E-state index in [1.54, 1.807) is 20.1 Å². The molecule has 2 saturated heterocycles. The number of allylic oxidation sites excluding steroid dienone is 1. The van der Waals surface area contributed by atoms with Crippen molar-refractivity contribution in [3.63, 3.8) is 0 Å². The first-order chi connectivity index (χ1) is 8.50. The minimum absolute atomic E-state index is 0.00614. The molecular formula is C13H18F2NO2+. The summed E-state index contributed by atoms with van der Waals surface area (Å²) in [5, 5.41) is 9.96. The average molecular weight is 258 g/mol. The molecule has 1 N–H and O–H groups in total. The number of ether oxygens (including phenoxy) is 1. The van der Waals surface area contributed by atoms with Crippen molar-refractivity contribution in [1.82, 2.24) is 0 Å². The minimum Gasteiger partial charge on any atom is -0.497 e. The number of fused-ring (bicyclic) bond motifs is 3. The van der Waals surface area contributed by atoms with Crippen LogP contribution in [0, 0.1) is 0 Å². The fourth-order valence-corrected chi connectivity index (χ4v) is 3.57. The third kappa shape index (κ3) is 1.29. The van der Waals surface area contributed by atoms with Gasteiger partial charge in [-0.2, -0.15) is 8.78 Å². The van der Waals surface area contributed by atoms with Crippen LogP contribution in [0.4, 0.5) is 8.78 Å². The second kappa shape index (κ2) is 3.54. The van der Waals surface area contributed by atoms with Crippen LogP contribution in [-0.2, 0) is 4.74 Å². The molecule has 0 aromatic heterocycles. The summed E-state index contributed by atoms with van der Waals surface area (Å²) < 4.78 is 33.2. The van der Waals surface area contributed by atoms with Crippen molar-refractivity contribution in [2.24, 2.45) is 0 Å². The highest BCUT2D eigenvalue weighted by atomic mass is 19.3. The molecule has 3 aliphatic rings. The molecular weight excluding hydrogens is 240 g/mol. The van der Waals surface area contributed by atoms with E-state index in [1.165, 1.54) is 0 Å². The number of nitrogens with zero attached hydrogens (tertiary/aromatic N) is 1. The van der Waals surface area contributed by atoms with Gasteiger partial charge >= 0.3 is 5.92 Å². The molecule has 0 radical (unpaired) electrons. The van der Waals surface area contributed by atoms with Crippen LogP contribution in [-0.4, -0.2) is 47.0 Å². The van der Waals surface area contributed by atoms with Gasteiger partial charge in [0.25, 0.3) is 6.23 Å². The Labute approximate surface area is 105 Å². The van der Waals surface area contributed by atoms with E-state index in [2.05, 4.69) is 0 Å². The molecule has 3 nitrogen and oxygen atoms in total. The third-order valence-electron chi connectivity index (χ3n) is 4.47. The number of quaternary nitrogens is 1. The van der Waals surface area contributed by atoms with Crippen LogP contribution in [0.5, 0.6) is 0 Å². The highest BCUT2D eigenvalue weighted by molar-refractivity contribution is 5.31. The minimum atomic E-state index is -2.78. The Morgan fingerprint density at radius 3 is 2.78 bits per heavy atom. The molecule has 5 heteroatoms. The van der Waals surface area contributed by atoms with Crippen molar-refractivity contribution >= 4 is 0 Å². The van der Waals surface area contributed by atoms with Crippen molar-refractivity contribution in [3.8, 4) is 0 Å². The van der Waals surface area contributed by atoms with Gasteiger partial charge in [-0.3, -0.25) is 4.48 Å². The molecule has 18 heavy (non-hydrogen) atoms. The van der Waals surface area contributed by atoms with Gasteiger partial charge in [0.15, 0.2) is 12.1 Å². The van der Waals surface area contributed by atoms with Crippen LogP contribution in [0.3, 0.4) is 0 Å². The molecule has 5 unspecified atom stereocenters. The lowest BCUT2D eigenvalue weighted by Gasteiger charge is -2.11. The van der Waals surface area contributed by atoms with Crippen molar-refractivity contribution in [3.05, 3.63) is 24.0 Å². The van der Waals surface area contributed by atoms with Gasteiger partial charge in [-0.25, -0.2) is 0 Å². The zero-order chi connectivity index (χ0) is 13.1. The quantitative estimate of drug-likeness (QED) is 0.615. The molecule has 100 valence electrons. The zero-order valence-corrected chi connectivity index (χ0v) is 10.5. The van der Waals surface area contributed by atoms with Crippen molar-refractivity contribution in [1.29, 1.82) is 0 Å². The summed E-state index contributed by atoms with van der Waals surface area (Å²) in [6, 6.07) is -0.969. The predicted octanol–water partition coefficient (Wildman–Crippen LogP) is 1.79. The Balaban J connectivity index is 1.81. The number of rotatable bonds is 4. The predicted molar refractivity (Wildman–Crippen MR) is 61.7 cm³/mol. The number of halogens is 2. The van der Waals surface area contributed by atoms with E-state index in [4.69, 9.17) is 4.74 Å². The normalized spacial score (nSPS) is 44.6. The first-order valence-electron chi connectivity index (χ1n) is 6.37. The fraction of sp³-hybridized carbons (Fsp3) is 0.692. The maximum atomic E-state index is 14.0. The summed E-state index contributed by atoms with van der Waals surface area (Å²) in [6.45, 7) is 1.74. The summed E-state index contributed by atoms with van der Waals surface area (Å²) in [7, 11) is 1.56. The molecule has 1 aliphatic carbocycles. The monoisotopic (exact) mass is 258 g/mol. The van der Waals surface area contributed by atoms with Gasteiger partial charge in [-0.05, 0) is 12.2 Å². The van der Waals surface area contributed by atoms with Gasteiger partial charge in [0, 0.05) is 12.5 Å². The van der Waals surface area contributed by atoms with E-state index in [0.717, 1.165) is 0 Å². The Morgan fingerprint density at radius 2 is 2.17 bits per heavy atom. The van der Waals surface area contributed by atoms with Gasteiger partial charge in [0.05, 0.1) is 7.11 Å². The lowest BCUT2D eigenvalue weighted by molar-refractivity contribution is -0.728. The van der Waals surface area contributed by atoms with Crippen LogP contribution >= 0.6 is 0 Å². The van der Waals surface area contributed by atoms with Gasteiger partial charge in [0.2, 0.25) is 6.04 Å². The highest BCUT2D eigenvalue weighted by Crippen LogP contribution is 2.65. The van der Waals surface area contributed by atoms with Crippen LogP contribution in [0.1, 0.15) is 19.8 Å². The van der Waals surface area contributed by atoms with Gasteiger partial charge in [-0.15, -0.1) is 0 Å². The largest absolute Gasteiger partial charge is 0.497 e. The number of alkyl halides is 2. The van der Waals surface area contributed by atoms with Gasteiger partial charge in [-0.1, -0.05) is 13.3 Å².